The van der Waals surface area contributed by atoms with Crippen LogP contribution in [-0.2, 0) is 6.54 Å². The zero-order valence-corrected chi connectivity index (χ0v) is 15.3. The van der Waals surface area contributed by atoms with Gasteiger partial charge in [-0.05, 0) is 52.4 Å². The van der Waals surface area contributed by atoms with E-state index in [0.717, 1.165) is 68.9 Å². The largest absolute Gasteiger partial charge is 0.493 e. The lowest BCUT2D eigenvalue weighted by Gasteiger charge is -2.22. The molecule has 0 amide bonds. The Morgan fingerprint density at radius 3 is 2.83 bits per heavy atom. The molecule has 0 aromatic heterocycles. The summed E-state index contributed by atoms with van der Waals surface area (Å²) in [6, 6.07) is 6.09. The van der Waals surface area contributed by atoms with Crippen molar-refractivity contribution < 1.29 is 14.6 Å². The molecule has 0 spiro atoms. The monoisotopic (exact) mass is 336 g/mol. The molecule has 0 saturated carbocycles. The summed E-state index contributed by atoms with van der Waals surface area (Å²) in [7, 11) is 5.83. The topological polar surface area (TPSA) is 45.2 Å². The molecule has 1 aromatic carbocycles. The van der Waals surface area contributed by atoms with E-state index in [9.17, 15) is 5.11 Å². The highest BCUT2D eigenvalue weighted by Gasteiger charge is 2.18. The van der Waals surface area contributed by atoms with Crippen LogP contribution in [-0.4, -0.2) is 68.5 Å². The van der Waals surface area contributed by atoms with E-state index in [4.69, 9.17) is 9.47 Å². The van der Waals surface area contributed by atoms with Crippen LogP contribution in [0.5, 0.6) is 11.5 Å². The standard InChI is InChI=1S/C19H32N2O3/c1-20(2)11-6-14-24-19-16(7-4-9-18(19)23-3)15-21-12-5-8-17(22)10-13-21/h4,7,9,17,22H,5-6,8,10-15H2,1-3H3/t17-/m0/s1. The van der Waals surface area contributed by atoms with Crippen molar-refractivity contribution in [3.05, 3.63) is 23.8 Å². The molecular formula is C19H32N2O3. The number of hydrogen-bond acceptors (Lipinski definition) is 5. The molecule has 5 heteroatoms. The van der Waals surface area contributed by atoms with Gasteiger partial charge in [0.2, 0.25) is 0 Å². The molecule has 1 N–H and O–H groups in total. The molecule has 1 saturated heterocycles. The van der Waals surface area contributed by atoms with Gasteiger partial charge >= 0.3 is 0 Å². The molecule has 1 aliphatic rings. The highest BCUT2D eigenvalue weighted by Crippen LogP contribution is 2.32. The highest BCUT2D eigenvalue weighted by atomic mass is 16.5. The fourth-order valence-electron chi connectivity index (χ4n) is 3.10. The van der Waals surface area contributed by atoms with E-state index in [1.54, 1.807) is 7.11 Å². The van der Waals surface area contributed by atoms with Crippen molar-refractivity contribution in [3.63, 3.8) is 0 Å². The maximum absolute atomic E-state index is 9.82. The first-order valence-electron chi connectivity index (χ1n) is 8.94. The first-order chi connectivity index (χ1) is 11.6. The molecule has 0 unspecified atom stereocenters. The Labute approximate surface area is 146 Å². The first kappa shape index (κ1) is 19.0. The molecule has 5 nitrogen and oxygen atoms in total. The van der Waals surface area contributed by atoms with Crippen molar-refractivity contribution in [2.45, 2.75) is 38.3 Å². The Morgan fingerprint density at radius 1 is 1.25 bits per heavy atom. The SMILES string of the molecule is COc1cccc(CN2CCC[C@H](O)CC2)c1OCCCN(C)C. The third kappa shape index (κ3) is 5.96. The van der Waals surface area contributed by atoms with Crippen molar-refractivity contribution in [3.8, 4) is 11.5 Å². The van der Waals surface area contributed by atoms with Gasteiger partial charge in [-0.25, -0.2) is 0 Å². The zero-order chi connectivity index (χ0) is 17.4. The molecule has 0 aliphatic carbocycles. The molecule has 136 valence electrons. The number of hydrogen-bond donors (Lipinski definition) is 1. The smallest absolute Gasteiger partial charge is 0.165 e. The molecule has 1 fully saturated rings. The van der Waals surface area contributed by atoms with Gasteiger partial charge in [-0.15, -0.1) is 0 Å². The minimum Gasteiger partial charge on any atom is -0.493 e. The van der Waals surface area contributed by atoms with Gasteiger partial charge in [0.1, 0.15) is 0 Å². The Hall–Kier alpha value is -1.30. The van der Waals surface area contributed by atoms with Gasteiger partial charge in [-0.3, -0.25) is 4.90 Å². The highest BCUT2D eigenvalue weighted by molar-refractivity contribution is 5.46. The molecular weight excluding hydrogens is 304 g/mol. The van der Waals surface area contributed by atoms with Gasteiger partial charge in [0.25, 0.3) is 0 Å². The predicted molar refractivity (Wildman–Crippen MR) is 96.8 cm³/mol. The number of rotatable bonds is 8. The summed E-state index contributed by atoms with van der Waals surface area (Å²) >= 11 is 0. The van der Waals surface area contributed by atoms with Crippen LogP contribution in [0, 0.1) is 0 Å². The zero-order valence-electron chi connectivity index (χ0n) is 15.3. The van der Waals surface area contributed by atoms with Gasteiger partial charge in [0, 0.05) is 25.2 Å². The van der Waals surface area contributed by atoms with Crippen molar-refractivity contribution in [2.24, 2.45) is 0 Å². The third-order valence-electron chi connectivity index (χ3n) is 4.46. The summed E-state index contributed by atoms with van der Waals surface area (Å²) in [5.41, 5.74) is 1.16. The van der Waals surface area contributed by atoms with Crippen LogP contribution in [0.1, 0.15) is 31.2 Å². The van der Waals surface area contributed by atoms with Crippen molar-refractivity contribution in [1.82, 2.24) is 9.80 Å². The van der Waals surface area contributed by atoms with Crippen LogP contribution in [0.2, 0.25) is 0 Å². The summed E-state index contributed by atoms with van der Waals surface area (Å²) in [5, 5.41) is 9.82. The van der Waals surface area contributed by atoms with Crippen LogP contribution in [0.3, 0.4) is 0 Å². The summed E-state index contributed by atoms with van der Waals surface area (Å²) < 4.78 is 11.6. The van der Waals surface area contributed by atoms with E-state index in [1.807, 2.05) is 12.1 Å². The second-order valence-electron chi connectivity index (χ2n) is 6.81. The van der Waals surface area contributed by atoms with Crippen LogP contribution < -0.4 is 9.47 Å². The predicted octanol–water partition coefficient (Wildman–Crippen LogP) is 2.37. The summed E-state index contributed by atoms with van der Waals surface area (Å²) in [6.07, 6.45) is 3.64. The molecule has 1 heterocycles. The number of likely N-dealkylation sites (tertiary alicyclic amines) is 1. The average Bonchev–Trinajstić information content (AvgIpc) is 2.76. The second kappa shape index (κ2) is 9.87. The van der Waals surface area contributed by atoms with Crippen molar-refractivity contribution >= 4 is 0 Å². The summed E-state index contributed by atoms with van der Waals surface area (Å²) in [6.45, 7) is 4.48. The molecule has 1 atom stereocenters. The van der Waals surface area contributed by atoms with Crippen molar-refractivity contribution in [1.29, 1.82) is 0 Å². The fraction of sp³-hybridized carbons (Fsp3) is 0.684. The lowest BCUT2D eigenvalue weighted by atomic mass is 10.1. The fourth-order valence-corrected chi connectivity index (χ4v) is 3.10. The van der Waals surface area contributed by atoms with Crippen LogP contribution in [0.4, 0.5) is 0 Å². The lowest BCUT2D eigenvalue weighted by molar-refractivity contribution is 0.154. The molecule has 1 aromatic rings. The molecule has 0 radical (unpaired) electrons. The third-order valence-corrected chi connectivity index (χ3v) is 4.46. The Kier molecular flexibility index (Phi) is 7.82. The Morgan fingerprint density at radius 2 is 2.08 bits per heavy atom. The van der Waals surface area contributed by atoms with Gasteiger partial charge in [-0.1, -0.05) is 12.1 Å². The normalized spacial score (nSPS) is 19.3. The Bertz CT molecular complexity index is 494. The van der Waals surface area contributed by atoms with E-state index in [-0.39, 0.29) is 6.10 Å². The van der Waals surface area contributed by atoms with Crippen LogP contribution >= 0.6 is 0 Å². The van der Waals surface area contributed by atoms with Gasteiger partial charge in [0.05, 0.1) is 19.8 Å². The maximum Gasteiger partial charge on any atom is 0.165 e. The molecule has 1 aliphatic heterocycles. The minimum atomic E-state index is -0.151. The minimum absolute atomic E-state index is 0.151. The summed E-state index contributed by atoms with van der Waals surface area (Å²) in [4.78, 5) is 4.56. The number of nitrogens with zero attached hydrogens (tertiary/aromatic N) is 2. The number of aliphatic hydroxyl groups is 1. The Balaban J connectivity index is 2.02. The molecule has 24 heavy (non-hydrogen) atoms. The average molecular weight is 336 g/mol. The van der Waals surface area contributed by atoms with E-state index >= 15 is 0 Å². The van der Waals surface area contributed by atoms with Crippen molar-refractivity contribution in [2.75, 3.05) is 47.4 Å². The number of ether oxygens (including phenoxy) is 2. The summed E-state index contributed by atoms with van der Waals surface area (Å²) in [5.74, 6) is 1.66. The quantitative estimate of drug-likeness (QED) is 0.739. The number of benzene rings is 1. The van der Waals surface area contributed by atoms with Gasteiger partial charge in [-0.2, -0.15) is 0 Å². The van der Waals surface area contributed by atoms with Crippen LogP contribution in [0.15, 0.2) is 18.2 Å². The van der Waals surface area contributed by atoms with Crippen LogP contribution in [0.25, 0.3) is 0 Å². The lowest BCUT2D eigenvalue weighted by Crippen LogP contribution is -2.25. The molecule has 2 rings (SSSR count). The van der Waals surface area contributed by atoms with E-state index in [1.165, 1.54) is 0 Å². The first-order valence-corrected chi connectivity index (χ1v) is 8.94. The number of para-hydroxylation sites is 1. The van der Waals surface area contributed by atoms with E-state index in [2.05, 4.69) is 30.0 Å². The number of aliphatic hydroxyl groups excluding tert-OH is 1. The number of methoxy groups -OCH3 is 1. The van der Waals surface area contributed by atoms with E-state index < -0.39 is 0 Å². The van der Waals surface area contributed by atoms with E-state index in [0.29, 0.717) is 6.61 Å². The molecule has 0 bridgehead atoms. The maximum atomic E-state index is 9.82. The van der Waals surface area contributed by atoms with Gasteiger partial charge in [0.15, 0.2) is 11.5 Å². The van der Waals surface area contributed by atoms with Gasteiger partial charge < -0.3 is 19.5 Å². The second-order valence-corrected chi connectivity index (χ2v) is 6.81.